The van der Waals surface area contributed by atoms with E-state index in [0.717, 1.165) is 96.3 Å². The smallest absolute Gasteiger partial charge is 0.306 e. The van der Waals surface area contributed by atoms with Crippen molar-refractivity contribution in [2.45, 2.75) is 261 Å². The fraction of sp³-hybridized carbons (Fsp3) is 0.789. The summed E-state index contributed by atoms with van der Waals surface area (Å²) in [6.45, 7) is 2.46. The van der Waals surface area contributed by atoms with Gasteiger partial charge in [-0.3, -0.25) is 9.59 Å². The number of carbonyl (C=O) groups is 2. The number of allylic oxidation sites excluding steroid dienone is 10. The number of hydrogen-bond donors (Lipinski definition) is 7. The first kappa shape index (κ1) is 65.3. The third-order valence-electron chi connectivity index (χ3n) is 13.0. The number of ether oxygens (including phenoxy) is 6. The maximum atomic E-state index is 13.0. The van der Waals surface area contributed by atoms with Crippen LogP contribution in [0, 0.1) is 0 Å². The first-order chi connectivity index (χ1) is 35.0. The molecular formula is C57H98O15. The van der Waals surface area contributed by atoms with Gasteiger partial charge < -0.3 is 64.2 Å². The average molecular weight is 1020 g/mol. The first-order valence-corrected chi connectivity index (χ1v) is 27.9. The van der Waals surface area contributed by atoms with Crippen molar-refractivity contribution in [1.82, 2.24) is 0 Å². The summed E-state index contributed by atoms with van der Waals surface area (Å²) in [6.07, 6.45) is 33.8. The Morgan fingerprint density at radius 1 is 0.458 bits per heavy atom. The standard InChI is InChI=1S/C57H98O15/c1-3-5-7-9-11-13-15-17-19-21-22-24-26-28-30-32-34-36-38-40-49(60)70-45(42-67-48(59)39-37-35-33-31-29-27-25-23-20-18-16-14-12-10-8-6-4-2)43-68-56-55(66)53(64)51(62)47(72-56)44-69-57-54(65)52(63)50(61)46(41-58)71-57/h5,7,11,13,17-20,22,24,45-47,50-58,61-66H,3-4,6,8-10,12,14-16,21,23,25-44H2,1-2H3/b7-5-,13-11-,19-17-,20-18-,24-22-. The lowest BCUT2D eigenvalue weighted by Gasteiger charge is -2.42. The maximum absolute atomic E-state index is 13.0. The van der Waals surface area contributed by atoms with Crippen LogP contribution in [-0.4, -0.2) is 142 Å². The molecule has 0 aromatic rings. The predicted octanol–water partition coefficient (Wildman–Crippen LogP) is 8.83. The molecule has 2 aliphatic rings. The number of carbonyl (C=O) groups excluding carboxylic acids is 2. The Morgan fingerprint density at radius 2 is 0.875 bits per heavy atom. The summed E-state index contributed by atoms with van der Waals surface area (Å²) < 4.78 is 33.6. The first-order valence-electron chi connectivity index (χ1n) is 27.9. The quantitative estimate of drug-likeness (QED) is 0.0172. The van der Waals surface area contributed by atoms with Crippen LogP contribution in [0.1, 0.15) is 194 Å². The minimum atomic E-state index is -1.77. The Hall–Kier alpha value is -2.80. The highest BCUT2D eigenvalue weighted by atomic mass is 16.7. The number of hydrogen-bond acceptors (Lipinski definition) is 15. The largest absolute Gasteiger partial charge is 0.462 e. The van der Waals surface area contributed by atoms with Crippen molar-refractivity contribution < 1.29 is 73.8 Å². The molecule has 0 radical (unpaired) electrons. The molecule has 2 fully saturated rings. The van der Waals surface area contributed by atoms with Crippen LogP contribution in [0.15, 0.2) is 60.8 Å². The highest BCUT2D eigenvalue weighted by Crippen LogP contribution is 2.26. The third-order valence-corrected chi connectivity index (χ3v) is 13.0. The monoisotopic (exact) mass is 1020 g/mol. The van der Waals surface area contributed by atoms with E-state index in [0.29, 0.717) is 12.8 Å². The van der Waals surface area contributed by atoms with E-state index in [2.05, 4.69) is 74.6 Å². The lowest BCUT2D eigenvalue weighted by Crippen LogP contribution is -2.61. The van der Waals surface area contributed by atoms with E-state index in [9.17, 15) is 45.3 Å². The van der Waals surface area contributed by atoms with Gasteiger partial charge in [-0.05, 0) is 77.0 Å². The van der Waals surface area contributed by atoms with Gasteiger partial charge in [0, 0.05) is 12.8 Å². The lowest BCUT2D eigenvalue weighted by atomic mass is 9.98. The Morgan fingerprint density at radius 3 is 1.39 bits per heavy atom. The van der Waals surface area contributed by atoms with Gasteiger partial charge in [0.1, 0.15) is 55.4 Å². The van der Waals surface area contributed by atoms with Gasteiger partial charge in [-0.25, -0.2) is 0 Å². The van der Waals surface area contributed by atoms with Gasteiger partial charge in [0.25, 0.3) is 0 Å². The van der Waals surface area contributed by atoms with Gasteiger partial charge >= 0.3 is 11.9 Å². The van der Waals surface area contributed by atoms with Crippen LogP contribution in [0.25, 0.3) is 0 Å². The Labute approximate surface area is 432 Å². The molecule has 15 heteroatoms. The molecule has 0 amide bonds. The van der Waals surface area contributed by atoms with Gasteiger partial charge in [-0.1, -0.05) is 164 Å². The van der Waals surface area contributed by atoms with E-state index in [-0.39, 0.29) is 19.4 Å². The number of aliphatic hydroxyl groups excluding tert-OH is 7. The molecule has 0 aromatic carbocycles. The fourth-order valence-electron chi connectivity index (χ4n) is 8.44. The van der Waals surface area contributed by atoms with Crippen molar-refractivity contribution in [2.24, 2.45) is 0 Å². The van der Waals surface area contributed by atoms with Gasteiger partial charge in [0.15, 0.2) is 18.7 Å². The van der Waals surface area contributed by atoms with Crippen LogP contribution in [0.4, 0.5) is 0 Å². The minimum Gasteiger partial charge on any atom is -0.462 e. The molecule has 2 heterocycles. The molecular weight excluding hydrogens is 925 g/mol. The number of esters is 2. The summed E-state index contributed by atoms with van der Waals surface area (Å²) in [7, 11) is 0. The maximum Gasteiger partial charge on any atom is 0.306 e. The second-order valence-corrected chi connectivity index (χ2v) is 19.4. The van der Waals surface area contributed by atoms with Crippen LogP contribution in [0.2, 0.25) is 0 Å². The van der Waals surface area contributed by atoms with Gasteiger partial charge in [-0.2, -0.15) is 0 Å². The van der Waals surface area contributed by atoms with Crippen LogP contribution in [0.3, 0.4) is 0 Å². The molecule has 11 unspecified atom stereocenters. The molecule has 2 saturated heterocycles. The zero-order chi connectivity index (χ0) is 52.4. The van der Waals surface area contributed by atoms with Crippen molar-refractivity contribution in [1.29, 1.82) is 0 Å². The number of rotatable bonds is 43. The summed E-state index contributed by atoms with van der Waals surface area (Å²) in [6, 6.07) is 0. The molecule has 2 rings (SSSR count). The van der Waals surface area contributed by atoms with Crippen LogP contribution in [-0.2, 0) is 38.0 Å². The average Bonchev–Trinajstić information content (AvgIpc) is 3.37. The molecule has 0 bridgehead atoms. The Bertz CT molecular complexity index is 1480. The Kier molecular flexibility index (Phi) is 39.4. The van der Waals surface area contributed by atoms with Gasteiger partial charge in [0.2, 0.25) is 0 Å². The predicted molar refractivity (Wildman–Crippen MR) is 280 cm³/mol. The summed E-state index contributed by atoms with van der Waals surface area (Å²) in [5.41, 5.74) is 0. The highest BCUT2D eigenvalue weighted by molar-refractivity contribution is 5.70. The molecule has 0 aliphatic carbocycles. The van der Waals surface area contributed by atoms with E-state index in [1.807, 2.05) is 0 Å². The van der Waals surface area contributed by atoms with Crippen molar-refractivity contribution >= 4 is 11.9 Å². The van der Waals surface area contributed by atoms with E-state index in [4.69, 9.17) is 28.4 Å². The summed E-state index contributed by atoms with van der Waals surface area (Å²) >= 11 is 0. The van der Waals surface area contributed by atoms with Gasteiger partial charge in [-0.15, -0.1) is 0 Å². The molecule has 0 spiro atoms. The van der Waals surface area contributed by atoms with Crippen LogP contribution >= 0.6 is 0 Å². The molecule has 2 aliphatic heterocycles. The lowest BCUT2D eigenvalue weighted by molar-refractivity contribution is -0.332. The normalized spacial score (nSPS) is 25.5. The highest BCUT2D eigenvalue weighted by Gasteiger charge is 2.47. The molecule has 0 saturated carbocycles. The molecule has 7 N–H and O–H groups in total. The molecule has 15 nitrogen and oxygen atoms in total. The van der Waals surface area contributed by atoms with E-state index in [1.54, 1.807) is 0 Å². The Balaban J connectivity index is 1.79. The van der Waals surface area contributed by atoms with Crippen molar-refractivity contribution in [3.63, 3.8) is 0 Å². The SMILES string of the molecule is CC/C=C\C/C=C\C/C=C\C/C=C\CCCCCCCCC(=O)OC(COC(=O)CCCCCCCCC/C=C\CCCCCCCC)COC1OC(COC2OC(CO)C(O)C(O)C2O)C(O)C(O)C1O. The molecule has 0 aromatic heterocycles. The number of unbranched alkanes of at least 4 members (excludes halogenated alkanes) is 19. The topological polar surface area (TPSA) is 231 Å². The zero-order valence-electron chi connectivity index (χ0n) is 44.1. The second kappa shape index (κ2) is 43.4. The van der Waals surface area contributed by atoms with Gasteiger partial charge in [0.05, 0.1) is 19.8 Å². The third kappa shape index (κ3) is 30.5. The minimum absolute atomic E-state index is 0.146. The second-order valence-electron chi connectivity index (χ2n) is 19.4. The van der Waals surface area contributed by atoms with Crippen molar-refractivity contribution in [3.05, 3.63) is 60.8 Å². The molecule has 72 heavy (non-hydrogen) atoms. The summed E-state index contributed by atoms with van der Waals surface area (Å²) in [4.78, 5) is 25.9. The number of aliphatic hydroxyl groups is 7. The van der Waals surface area contributed by atoms with E-state index in [1.165, 1.54) is 57.8 Å². The van der Waals surface area contributed by atoms with Crippen molar-refractivity contribution in [3.8, 4) is 0 Å². The zero-order valence-corrected chi connectivity index (χ0v) is 44.1. The van der Waals surface area contributed by atoms with Crippen LogP contribution < -0.4 is 0 Å². The fourth-order valence-corrected chi connectivity index (χ4v) is 8.44. The van der Waals surface area contributed by atoms with Crippen LogP contribution in [0.5, 0.6) is 0 Å². The van der Waals surface area contributed by atoms with Crippen molar-refractivity contribution in [2.75, 3.05) is 26.4 Å². The summed E-state index contributed by atoms with van der Waals surface area (Å²) in [5.74, 6) is -0.946. The van der Waals surface area contributed by atoms with E-state index < -0.39 is 99.3 Å². The summed E-state index contributed by atoms with van der Waals surface area (Å²) in [5, 5.41) is 72.2. The molecule has 11 atom stereocenters. The molecule has 416 valence electrons. The van der Waals surface area contributed by atoms with E-state index >= 15 is 0 Å².